The Hall–Kier alpha value is -1.18. The lowest BCUT2D eigenvalue weighted by molar-refractivity contribution is -0.869. The number of hydrogen-bond acceptors (Lipinski definition) is 5. The van der Waals surface area contributed by atoms with Crippen molar-refractivity contribution in [1.82, 2.24) is 10.2 Å². The predicted molar refractivity (Wildman–Crippen MR) is 149 cm³/mol. The molecule has 0 aromatic heterocycles. The van der Waals surface area contributed by atoms with Crippen molar-refractivity contribution < 1.29 is 19.2 Å². The lowest BCUT2D eigenvalue weighted by atomic mass is 9.44. The number of quaternary nitrogens is 1. The molecule has 0 aromatic carbocycles. The minimum atomic E-state index is -0.373. The topological polar surface area (TPSA) is 74.2 Å². The highest BCUT2D eigenvalue weighted by Crippen LogP contribution is 2.67. The average molecular weight is 520 g/mol. The van der Waals surface area contributed by atoms with E-state index in [0.29, 0.717) is 23.8 Å². The molecule has 4 aliphatic rings. The van der Waals surface area contributed by atoms with E-state index < -0.39 is 0 Å². The minimum Gasteiger partial charge on any atom is -0.393 e. The highest BCUT2D eigenvalue weighted by molar-refractivity contribution is 5.85. The van der Waals surface area contributed by atoms with Crippen LogP contribution in [0.2, 0.25) is 0 Å². The van der Waals surface area contributed by atoms with E-state index in [1.807, 2.05) is 0 Å². The summed E-state index contributed by atoms with van der Waals surface area (Å²) in [5.41, 5.74) is 1.65. The fourth-order valence-corrected chi connectivity index (χ4v) is 9.04. The number of carbonyl (C=O) groups is 1. The predicted octanol–water partition coefficient (Wildman–Crippen LogP) is 4.75. The van der Waals surface area contributed by atoms with Crippen LogP contribution in [0.4, 0.5) is 4.79 Å². The highest BCUT2D eigenvalue weighted by Gasteiger charge is 2.60. The van der Waals surface area contributed by atoms with Gasteiger partial charge in [0.25, 0.3) is 0 Å². The van der Waals surface area contributed by atoms with Gasteiger partial charge in [-0.05, 0) is 99.2 Å². The molecule has 4 rings (SSSR count). The van der Waals surface area contributed by atoms with E-state index in [2.05, 4.69) is 52.4 Å². The molecule has 0 radical (unpaired) electrons. The fraction of sp³-hybridized carbons (Fsp3) is 0.933. The number of hydrogen-bond donors (Lipinski definition) is 2. The first-order chi connectivity index (χ1) is 17.3. The highest BCUT2D eigenvalue weighted by atomic mass is 16.7. The minimum absolute atomic E-state index is 0.0796. The summed E-state index contributed by atoms with van der Waals surface area (Å²) in [5.74, 6) is 3.43. The van der Waals surface area contributed by atoms with Gasteiger partial charge in [-0.3, -0.25) is 4.84 Å². The maximum Gasteiger partial charge on any atom is 0.435 e. The van der Waals surface area contributed by atoms with Gasteiger partial charge >= 0.3 is 6.09 Å². The van der Waals surface area contributed by atoms with Gasteiger partial charge in [0.1, 0.15) is 0 Å². The van der Waals surface area contributed by atoms with Gasteiger partial charge in [-0.15, -0.1) is 0 Å². The van der Waals surface area contributed by atoms with Crippen LogP contribution in [0.25, 0.3) is 0 Å². The second kappa shape index (κ2) is 11.1. The zero-order valence-electron chi connectivity index (χ0n) is 24.8. The Morgan fingerprint density at radius 3 is 2.46 bits per heavy atom. The Morgan fingerprint density at radius 1 is 1.03 bits per heavy atom. The molecule has 0 heterocycles. The summed E-state index contributed by atoms with van der Waals surface area (Å²) in [6.07, 6.45) is 10.3. The van der Waals surface area contributed by atoms with Crippen LogP contribution in [-0.4, -0.2) is 86.8 Å². The van der Waals surface area contributed by atoms with E-state index in [1.54, 1.807) is 11.9 Å². The first kappa shape index (κ1) is 28.8. The zero-order chi connectivity index (χ0) is 27.0. The Labute approximate surface area is 225 Å². The number of carbonyl (C=O) groups excluding carboxylic acids is 1. The molecule has 2 N–H and O–H groups in total. The van der Waals surface area contributed by atoms with Gasteiger partial charge in [0.05, 0.1) is 39.5 Å². The van der Waals surface area contributed by atoms with Crippen LogP contribution in [0.15, 0.2) is 5.16 Å². The molecule has 4 saturated carbocycles. The maximum atomic E-state index is 12.6. The normalized spacial score (nSPS) is 39.9. The third-order valence-electron chi connectivity index (χ3n) is 11.3. The van der Waals surface area contributed by atoms with E-state index in [1.165, 1.54) is 38.5 Å². The molecule has 212 valence electrons. The SMILES string of the molecule is C/C(=N\OC(=O)N(C)CCNCC[N+](C)(C)C)[C@H]1CC[C@H]2[C@@H]3CC[C@@H]4C[C@H](O)CC[C@]4(C)[C@H]3CC[C@]12C. The second-order valence-corrected chi connectivity index (χ2v) is 14.5. The van der Waals surface area contributed by atoms with Crippen molar-refractivity contribution in [2.45, 2.75) is 84.7 Å². The quantitative estimate of drug-likeness (QED) is 0.160. The molecular weight excluding hydrogens is 464 g/mol. The number of aliphatic hydroxyl groups is 1. The summed E-state index contributed by atoms with van der Waals surface area (Å²) in [7, 11) is 8.32. The first-order valence-corrected chi connectivity index (χ1v) is 15.0. The molecule has 0 spiro atoms. The van der Waals surface area contributed by atoms with Crippen molar-refractivity contribution in [2.75, 3.05) is 54.4 Å². The number of amides is 1. The molecule has 1 amide bonds. The van der Waals surface area contributed by atoms with Crippen molar-refractivity contribution >= 4 is 11.8 Å². The molecule has 0 unspecified atom stereocenters. The summed E-state index contributed by atoms with van der Waals surface area (Å²) in [5, 5.41) is 18.1. The standard InChI is InChI=1S/C30H55N4O3/c1-21(32-37-28(36)33(4)18-16-31-17-19-34(5,6)7)25-10-11-26-24-9-8-22-20-23(35)12-14-29(22,2)27(24)13-15-30(25,26)3/h22-27,31,35H,8-20H2,1-7H3/q+1/b32-21+/t22-,23-,24+,25-,26+,27+,29+,30-/m1/s1. The number of fused-ring (bicyclic) bond motifs is 5. The van der Waals surface area contributed by atoms with Crippen LogP contribution >= 0.6 is 0 Å². The summed E-state index contributed by atoms with van der Waals surface area (Å²) in [6, 6.07) is 0. The van der Waals surface area contributed by atoms with Gasteiger partial charge in [-0.25, -0.2) is 4.79 Å². The van der Waals surface area contributed by atoms with Crippen LogP contribution in [0, 0.1) is 40.4 Å². The molecule has 37 heavy (non-hydrogen) atoms. The molecule has 0 aromatic rings. The van der Waals surface area contributed by atoms with E-state index in [0.717, 1.165) is 66.8 Å². The smallest absolute Gasteiger partial charge is 0.393 e. The van der Waals surface area contributed by atoms with Crippen LogP contribution in [0.1, 0.15) is 78.6 Å². The Morgan fingerprint density at radius 2 is 1.73 bits per heavy atom. The Balaban J connectivity index is 1.31. The van der Waals surface area contributed by atoms with Crippen molar-refractivity contribution in [2.24, 2.45) is 45.6 Å². The Bertz CT molecular complexity index is 841. The number of aliphatic hydroxyl groups excluding tert-OH is 1. The number of nitrogens with zero attached hydrogens (tertiary/aromatic N) is 3. The number of likely N-dealkylation sites (N-methyl/N-ethyl adjacent to an activating group) is 2. The number of rotatable bonds is 8. The van der Waals surface area contributed by atoms with Gasteiger partial charge in [0, 0.05) is 32.6 Å². The summed E-state index contributed by atoms with van der Waals surface area (Å²) in [4.78, 5) is 19.6. The van der Waals surface area contributed by atoms with Gasteiger partial charge in [0.15, 0.2) is 0 Å². The van der Waals surface area contributed by atoms with E-state index >= 15 is 0 Å². The molecule has 8 atom stereocenters. The number of oxime groups is 1. The van der Waals surface area contributed by atoms with E-state index in [4.69, 9.17) is 4.84 Å². The monoisotopic (exact) mass is 519 g/mol. The number of nitrogens with one attached hydrogen (secondary N) is 1. The van der Waals surface area contributed by atoms with Crippen molar-refractivity contribution in [3.63, 3.8) is 0 Å². The largest absolute Gasteiger partial charge is 0.435 e. The van der Waals surface area contributed by atoms with Gasteiger partial charge in [-0.1, -0.05) is 19.0 Å². The molecule has 4 fully saturated rings. The van der Waals surface area contributed by atoms with Crippen molar-refractivity contribution in [3.8, 4) is 0 Å². The summed E-state index contributed by atoms with van der Waals surface area (Å²) in [6.45, 7) is 10.4. The van der Waals surface area contributed by atoms with Crippen molar-refractivity contribution in [3.05, 3.63) is 0 Å². The lowest BCUT2D eigenvalue weighted by Crippen LogP contribution is -2.54. The molecule has 0 bridgehead atoms. The first-order valence-electron chi connectivity index (χ1n) is 15.0. The summed E-state index contributed by atoms with van der Waals surface area (Å²) >= 11 is 0. The van der Waals surface area contributed by atoms with Crippen LogP contribution < -0.4 is 5.32 Å². The van der Waals surface area contributed by atoms with Crippen molar-refractivity contribution in [1.29, 1.82) is 0 Å². The third kappa shape index (κ3) is 6.04. The van der Waals surface area contributed by atoms with Gasteiger partial charge in [-0.2, -0.15) is 0 Å². The lowest BCUT2D eigenvalue weighted by Gasteiger charge is -2.61. The van der Waals surface area contributed by atoms with Crippen LogP contribution in [0.5, 0.6) is 0 Å². The van der Waals surface area contributed by atoms with Crippen LogP contribution in [0.3, 0.4) is 0 Å². The molecule has 7 nitrogen and oxygen atoms in total. The van der Waals surface area contributed by atoms with E-state index in [9.17, 15) is 9.90 Å². The Kier molecular flexibility index (Phi) is 8.67. The van der Waals surface area contributed by atoms with Crippen LogP contribution in [-0.2, 0) is 4.84 Å². The van der Waals surface area contributed by atoms with Gasteiger partial charge < -0.3 is 19.8 Å². The van der Waals surface area contributed by atoms with E-state index in [-0.39, 0.29) is 17.6 Å². The van der Waals surface area contributed by atoms with Gasteiger partial charge in [0.2, 0.25) is 0 Å². The fourth-order valence-electron chi connectivity index (χ4n) is 9.04. The molecule has 0 saturated heterocycles. The second-order valence-electron chi connectivity index (χ2n) is 14.5. The average Bonchev–Trinajstić information content (AvgIpc) is 3.19. The molecule has 4 aliphatic carbocycles. The summed E-state index contributed by atoms with van der Waals surface area (Å²) < 4.78 is 0.922. The maximum absolute atomic E-state index is 12.6. The zero-order valence-corrected chi connectivity index (χ0v) is 24.8. The molecule has 0 aliphatic heterocycles. The third-order valence-corrected chi connectivity index (χ3v) is 11.3. The molecular formula is C30H55N4O3+. The molecule has 7 heteroatoms.